The third-order valence-corrected chi connectivity index (χ3v) is 5.45. The summed E-state index contributed by atoms with van der Waals surface area (Å²) in [6.45, 7) is 3.02. The van der Waals surface area contributed by atoms with E-state index in [1.54, 1.807) is 7.11 Å². The van der Waals surface area contributed by atoms with Crippen molar-refractivity contribution >= 4 is 11.6 Å². The fourth-order valence-electron chi connectivity index (χ4n) is 3.80. The van der Waals surface area contributed by atoms with Crippen LogP contribution in [0.4, 0.5) is 0 Å². The van der Waals surface area contributed by atoms with E-state index in [1.165, 1.54) is 31.2 Å². The summed E-state index contributed by atoms with van der Waals surface area (Å²) in [5.41, 5.74) is 1.35. The molecule has 2 saturated heterocycles. The summed E-state index contributed by atoms with van der Waals surface area (Å²) in [5, 5.41) is 0.275. The molecular formula is C19H28ClNO2. The number of halogens is 1. The number of alkyl halides is 1. The minimum Gasteiger partial charge on any atom is -0.497 e. The first kappa shape index (κ1) is 17.1. The zero-order chi connectivity index (χ0) is 16.1. The molecule has 0 saturated carbocycles. The number of rotatable bonds is 5. The van der Waals surface area contributed by atoms with Crippen LogP contribution in [0.5, 0.6) is 5.75 Å². The Labute approximate surface area is 144 Å². The molecule has 0 aliphatic carbocycles. The molecule has 1 aromatic rings. The molecule has 3 nitrogen and oxygen atoms in total. The summed E-state index contributed by atoms with van der Waals surface area (Å²) in [6, 6.07) is 8.91. The van der Waals surface area contributed by atoms with Gasteiger partial charge in [-0.1, -0.05) is 12.1 Å². The molecule has 0 spiro atoms. The molecule has 4 heteroatoms. The SMILES string of the molecule is COc1ccc(C(CC2CCCCO2)N2CCC[C@H](Cl)C2)cc1. The highest BCUT2D eigenvalue weighted by molar-refractivity contribution is 6.20. The number of ether oxygens (including phenoxy) is 2. The van der Waals surface area contributed by atoms with E-state index < -0.39 is 0 Å². The Morgan fingerprint density at radius 3 is 2.70 bits per heavy atom. The van der Waals surface area contributed by atoms with Crippen LogP contribution in [0.25, 0.3) is 0 Å². The van der Waals surface area contributed by atoms with Crippen LogP contribution in [-0.4, -0.2) is 43.2 Å². The summed E-state index contributed by atoms with van der Waals surface area (Å²) in [6.07, 6.45) is 7.45. The van der Waals surface area contributed by atoms with Crippen molar-refractivity contribution in [1.82, 2.24) is 4.90 Å². The molecule has 128 valence electrons. The highest BCUT2D eigenvalue weighted by Crippen LogP contribution is 2.33. The molecular weight excluding hydrogens is 310 g/mol. The Kier molecular flexibility index (Phi) is 6.21. The lowest BCUT2D eigenvalue weighted by atomic mass is 9.93. The van der Waals surface area contributed by atoms with Gasteiger partial charge in [0.25, 0.3) is 0 Å². The Hall–Kier alpha value is -0.770. The van der Waals surface area contributed by atoms with Crippen LogP contribution in [0.15, 0.2) is 24.3 Å². The lowest BCUT2D eigenvalue weighted by Crippen LogP contribution is -2.40. The van der Waals surface area contributed by atoms with E-state index in [0.717, 1.165) is 38.3 Å². The van der Waals surface area contributed by atoms with E-state index in [1.807, 2.05) is 0 Å². The number of hydrogen-bond donors (Lipinski definition) is 0. The minimum atomic E-state index is 0.275. The first-order chi connectivity index (χ1) is 11.3. The van der Waals surface area contributed by atoms with Gasteiger partial charge >= 0.3 is 0 Å². The van der Waals surface area contributed by atoms with E-state index in [9.17, 15) is 0 Å². The van der Waals surface area contributed by atoms with Crippen LogP contribution < -0.4 is 4.74 Å². The Bertz CT molecular complexity index is 473. The summed E-state index contributed by atoms with van der Waals surface area (Å²) >= 11 is 6.44. The molecule has 3 rings (SSSR count). The van der Waals surface area contributed by atoms with E-state index in [2.05, 4.69) is 29.2 Å². The van der Waals surface area contributed by atoms with Gasteiger partial charge in [0.15, 0.2) is 0 Å². The zero-order valence-corrected chi connectivity index (χ0v) is 14.8. The van der Waals surface area contributed by atoms with Crippen LogP contribution in [0.1, 0.15) is 50.1 Å². The minimum absolute atomic E-state index is 0.275. The average molecular weight is 338 g/mol. The molecule has 2 heterocycles. The van der Waals surface area contributed by atoms with E-state index >= 15 is 0 Å². The Balaban J connectivity index is 1.76. The molecule has 2 aliphatic heterocycles. The molecule has 2 fully saturated rings. The fraction of sp³-hybridized carbons (Fsp3) is 0.684. The van der Waals surface area contributed by atoms with Crippen LogP contribution in [0.2, 0.25) is 0 Å². The molecule has 0 aromatic heterocycles. The van der Waals surface area contributed by atoms with Gasteiger partial charge in [-0.15, -0.1) is 11.6 Å². The Morgan fingerprint density at radius 1 is 1.22 bits per heavy atom. The maximum atomic E-state index is 6.44. The van der Waals surface area contributed by atoms with Gasteiger partial charge in [0.1, 0.15) is 5.75 Å². The largest absolute Gasteiger partial charge is 0.497 e. The predicted octanol–water partition coefficient (Wildman–Crippen LogP) is 4.40. The predicted molar refractivity (Wildman–Crippen MR) is 94.4 cm³/mol. The molecule has 3 atom stereocenters. The van der Waals surface area contributed by atoms with Gasteiger partial charge in [-0.05, 0) is 62.8 Å². The third kappa shape index (κ3) is 4.62. The van der Waals surface area contributed by atoms with Crippen molar-refractivity contribution in [3.63, 3.8) is 0 Å². The second-order valence-corrected chi connectivity index (χ2v) is 7.36. The highest BCUT2D eigenvalue weighted by Gasteiger charge is 2.29. The standard InChI is InChI=1S/C19H28ClNO2/c1-22-17-9-7-15(8-10-17)19(13-18-6-2-3-12-23-18)21-11-4-5-16(20)14-21/h7-10,16,18-19H,2-6,11-14H2,1H3/t16-,18?,19?/m0/s1. The maximum Gasteiger partial charge on any atom is 0.118 e. The van der Waals surface area contributed by atoms with Crippen molar-refractivity contribution in [2.45, 2.75) is 56.0 Å². The molecule has 2 unspecified atom stereocenters. The second-order valence-electron chi connectivity index (χ2n) is 6.75. The van der Waals surface area contributed by atoms with Gasteiger partial charge in [0.05, 0.1) is 13.2 Å². The van der Waals surface area contributed by atoms with Crippen molar-refractivity contribution in [1.29, 1.82) is 0 Å². The molecule has 2 aliphatic rings. The number of piperidine rings is 1. The normalized spacial score (nSPS) is 27.6. The first-order valence-electron chi connectivity index (χ1n) is 8.90. The maximum absolute atomic E-state index is 6.44. The molecule has 1 aromatic carbocycles. The van der Waals surface area contributed by atoms with Gasteiger partial charge in [0, 0.05) is 24.6 Å². The smallest absolute Gasteiger partial charge is 0.118 e. The zero-order valence-electron chi connectivity index (χ0n) is 14.0. The topological polar surface area (TPSA) is 21.7 Å². The molecule has 0 N–H and O–H groups in total. The lowest BCUT2D eigenvalue weighted by Gasteiger charge is -2.39. The van der Waals surface area contributed by atoms with E-state index in [-0.39, 0.29) is 5.38 Å². The van der Waals surface area contributed by atoms with Gasteiger partial charge in [-0.25, -0.2) is 0 Å². The summed E-state index contributed by atoms with van der Waals surface area (Å²) in [7, 11) is 1.71. The molecule has 23 heavy (non-hydrogen) atoms. The van der Waals surface area contributed by atoms with E-state index in [0.29, 0.717) is 12.1 Å². The Morgan fingerprint density at radius 2 is 2.04 bits per heavy atom. The lowest BCUT2D eigenvalue weighted by molar-refractivity contribution is -0.00915. The molecule has 0 amide bonds. The van der Waals surface area contributed by atoms with Crippen molar-refractivity contribution in [3.8, 4) is 5.75 Å². The highest BCUT2D eigenvalue weighted by atomic mass is 35.5. The van der Waals surface area contributed by atoms with Gasteiger partial charge in [-0.2, -0.15) is 0 Å². The summed E-state index contributed by atoms with van der Waals surface area (Å²) in [4.78, 5) is 2.56. The average Bonchev–Trinajstić information content (AvgIpc) is 2.61. The number of hydrogen-bond acceptors (Lipinski definition) is 3. The number of methoxy groups -OCH3 is 1. The van der Waals surface area contributed by atoms with Crippen molar-refractivity contribution in [3.05, 3.63) is 29.8 Å². The van der Waals surface area contributed by atoms with Gasteiger partial charge < -0.3 is 9.47 Å². The number of benzene rings is 1. The summed E-state index contributed by atoms with van der Waals surface area (Å²) < 4.78 is 11.3. The van der Waals surface area contributed by atoms with Crippen molar-refractivity contribution in [2.24, 2.45) is 0 Å². The molecule has 0 bridgehead atoms. The number of likely N-dealkylation sites (tertiary alicyclic amines) is 1. The van der Waals surface area contributed by atoms with Crippen LogP contribution in [0.3, 0.4) is 0 Å². The monoisotopic (exact) mass is 337 g/mol. The van der Waals surface area contributed by atoms with Crippen LogP contribution in [0, 0.1) is 0 Å². The van der Waals surface area contributed by atoms with Crippen molar-refractivity contribution < 1.29 is 9.47 Å². The van der Waals surface area contributed by atoms with Gasteiger partial charge in [0.2, 0.25) is 0 Å². The van der Waals surface area contributed by atoms with Gasteiger partial charge in [-0.3, -0.25) is 4.90 Å². The van der Waals surface area contributed by atoms with Crippen LogP contribution >= 0.6 is 11.6 Å². The quantitative estimate of drug-likeness (QED) is 0.743. The molecule has 0 radical (unpaired) electrons. The van der Waals surface area contributed by atoms with E-state index in [4.69, 9.17) is 21.1 Å². The van der Waals surface area contributed by atoms with Crippen LogP contribution in [-0.2, 0) is 4.74 Å². The second kappa shape index (κ2) is 8.36. The first-order valence-corrected chi connectivity index (χ1v) is 9.33. The van der Waals surface area contributed by atoms with Crippen molar-refractivity contribution in [2.75, 3.05) is 26.8 Å². The third-order valence-electron chi connectivity index (χ3n) is 5.10. The summed E-state index contributed by atoms with van der Waals surface area (Å²) in [5.74, 6) is 0.912. The fourth-order valence-corrected chi connectivity index (χ4v) is 4.13. The number of nitrogens with zero attached hydrogens (tertiary/aromatic N) is 1.